The highest BCUT2D eigenvalue weighted by Crippen LogP contribution is 2.32. The van der Waals surface area contributed by atoms with Crippen LogP contribution in [0.5, 0.6) is 5.88 Å². The van der Waals surface area contributed by atoms with Gasteiger partial charge in [-0.2, -0.15) is 4.98 Å². The average Bonchev–Trinajstić information content (AvgIpc) is 3.42. The summed E-state index contributed by atoms with van der Waals surface area (Å²) in [5.74, 6) is -1.43. The van der Waals surface area contributed by atoms with Crippen LogP contribution in [0.25, 0.3) is 22.4 Å². The van der Waals surface area contributed by atoms with Crippen LogP contribution in [0.1, 0.15) is 96.9 Å². The number of hydrogen-bond acceptors (Lipinski definition) is 10. The van der Waals surface area contributed by atoms with Crippen molar-refractivity contribution in [3.63, 3.8) is 0 Å². The van der Waals surface area contributed by atoms with Crippen molar-refractivity contribution in [2.45, 2.75) is 102 Å². The van der Waals surface area contributed by atoms with Gasteiger partial charge < -0.3 is 24.5 Å². The molecule has 1 unspecified atom stereocenters. The molecule has 0 amide bonds. The van der Waals surface area contributed by atoms with Crippen molar-refractivity contribution in [3.8, 4) is 17.1 Å². The standard InChI is InChI=1S/C40H49N7O6S/c1-23(2)53-33-17-11-16-28(31-21-41-30-19-34(40(5,6)7)47(8)37(30)43-31)42-32(33)22-52-35-20-29(36-24(3)12-9-13-25(36)4)44-39(45-35)46-54(50,51)27-15-10-14-26(18-27)38(48)49/h9-10,12-15,18-21,23,28,32-33,42H,11,16-17,22H2,1-8H3,(H,48,49)(H,44,45,46)/t28?,32-,33+/m0/s1/i8D3. The molecule has 286 valence electrons. The second kappa shape index (κ2) is 15.4. The maximum atomic E-state index is 13.5. The first-order valence-electron chi connectivity index (χ1n) is 19.5. The van der Waals surface area contributed by atoms with E-state index in [1.807, 2.05) is 66.7 Å². The molecule has 0 radical (unpaired) electrons. The number of carbonyl (C=O) groups is 1. The second-order valence-corrected chi connectivity index (χ2v) is 16.7. The number of aryl methyl sites for hydroxylation is 3. The Balaban J connectivity index is 1.35. The summed E-state index contributed by atoms with van der Waals surface area (Å²) in [6, 6.07) is 13.5. The summed E-state index contributed by atoms with van der Waals surface area (Å²) in [7, 11) is -4.32. The van der Waals surface area contributed by atoms with Crippen LogP contribution in [0, 0.1) is 13.8 Å². The normalized spacial score (nSPS) is 19.2. The molecule has 5 aromatic rings. The van der Waals surface area contributed by atoms with E-state index in [-0.39, 0.29) is 52.8 Å². The zero-order valence-corrected chi connectivity index (χ0v) is 32.4. The van der Waals surface area contributed by atoms with Crippen molar-refractivity contribution in [1.82, 2.24) is 29.8 Å². The van der Waals surface area contributed by atoms with E-state index in [0.717, 1.165) is 29.2 Å². The summed E-state index contributed by atoms with van der Waals surface area (Å²) in [6.07, 6.45) is 3.45. The number of carboxylic acid groups (broad SMARTS) is 1. The van der Waals surface area contributed by atoms with E-state index in [4.69, 9.17) is 18.6 Å². The molecule has 0 bridgehead atoms. The zero-order valence-electron chi connectivity index (χ0n) is 34.5. The first kappa shape index (κ1) is 34.8. The monoisotopic (exact) mass is 758 g/mol. The molecule has 1 aliphatic rings. The van der Waals surface area contributed by atoms with Crippen molar-refractivity contribution < 1.29 is 31.9 Å². The van der Waals surface area contributed by atoms with E-state index in [1.165, 1.54) is 22.8 Å². The molecule has 3 atom stereocenters. The number of sulfonamides is 1. The zero-order chi connectivity index (χ0) is 41.4. The summed E-state index contributed by atoms with van der Waals surface area (Å²) in [6.45, 7) is 11.2. The van der Waals surface area contributed by atoms with Crippen LogP contribution in [0.3, 0.4) is 0 Å². The Labute approximate surface area is 320 Å². The molecule has 1 saturated heterocycles. The molecule has 6 rings (SSSR count). The molecule has 2 aromatic carbocycles. The summed E-state index contributed by atoms with van der Waals surface area (Å²) < 4.78 is 68.6. The number of nitrogens with one attached hydrogen (secondary N) is 2. The Morgan fingerprint density at radius 1 is 1.07 bits per heavy atom. The van der Waals surface area contributed by atoms with Crippen LogP contribution in [0.4, 0.5) is 5.95 Å². The summed E-state index contributed by atoms with van der Waals surface area (Å²) in [5.41, 5.74) is 4.33. The SMILES string of the molecule is [2H]C([2H])([2H])n1c(C(C)(C)C)cc2ncc(C3CCC[C@@H](OC(C)C)[C@H](COc4cc(-c5c(C)cccc5C)nc(NS(=O)(=O)c5cccc(C(=O)O)c5)n4)N3)nc21. The van der Waals surface area contributed by atoms with E-state index < -0.39 is 34.4 Å². The van der Waals surface area contributed by atoms with Crippen LogP contribution in [-0.2, 0) is 27.2 Å². The van der Waals surface area contributed by atoms with Gasteiger partial charge in [-0.25, -0.2) is 27.9 Å². The van der Waals surface area contributed by atoms with Gasteiger partial charge in [0.05, 0.1) is 52.3 Å². The van der Waals surface area contributed by atoms with E-state index in [0.29, 0.717) is 35.4 Å². The van der Waals surface area contributed by atoms with Gasteiger partial charge in [0.1, 0.15) is 12.1 Å². The number of hydrogen-bond donors (Lipinski definition) is 3. The smallest absolute Gasteiger partial charge is 0.335 e. The van der Waals surface area contributed by atoms with Crippen molar-refractivity contribution in [2.75, 3.05) is 11.3 Å². The summed E-state index contributed by atoms with van der Waals surface area (Å²) >= 11 is 0. The number of benzene rings is 2. The van der Waals surface area contributed by atoms with Crippen LogP contribution in [0.15, 0.2) is 65.7 Å². The average molecular weight is 759 g/mol. The van der Waals surface area contributed by atoms with E-state index >= 15 is 0 Å². The van der Waals surface area contributed by atoms with Crippen LogP contribution in [0.2, 0.25) is 0 Å². The van der Waals surface area contributed by atoms with Crippen LogP contribution in [-0.4, -0.2) is 68.9 Å². The lowest BCUT2D eigenvalue weighted by molar-refractivity contribution is -0.0249. The Morgan fingerprint density at radius 3 is 2.50 bits per heavy atom. The molecule has 1 fully saturated rings. The predicted molar refractivity (Wildman–Crippen MR) is 207 cm³/mol. The number of ether oxygens (including phenoxy) is 2. The molecule has 3 aromatic heterocycles. The van der Waals surface area contributed by atoms with Gasteiger partial charge >= 0.3 is 5.97 Å². The molecule has 54 heavy (non-hydrogen) atoms. The molecular weight excluding hydrogens is 707 g/mol. The Hall–Kier alpha value is -4.92. The lowest BCUT2D eigenvalue weighted by Crippen LogP contribution is -2.46. The number of anilines is 1. The highest BCUT2D eigenvalue weighted by molar-refractivity contribution is 7.92. The molecule has 14 heteroatoms. The minimum Gasteiger partial charge on any atom is -0.478 e. The quantitative estimate of drug-likeness (QED) is 0.128. The van der Waals surface area contributed by atoms with Gasteiger partial charge in [0.25, 0.3) is 10.0 Å². The number of rotatable bonds is 11. The lowest BCUT2D eigenvalue weighted by atomic mass is 9.92. The van der Waals surface area contributed by atoms with Crippen molar-refractivity contribution in [1.29, 1.82) is 0 Å². The van der Waals surface area contributed by atoms with Gasteiger partial charge in [-0.05, 0) is 82.3 Å². The highest BCUT2D eigenvalue weighted by Gasteiger charge is 2.32. The molecular formula is C40H49N7O6S. The fraction of sp³-hybridized carbons (Fsp3) is 0.425. The van der Waals surface area contributed by atoms with Crippen molar-refractivity contribution in [2.24, 2.45) is 6.98 Å². The summed E-state index contributed by atoms with van der Waals surface area (Å²) in [5, 5.41) is 13.1. The van der Waals surface area contributed by atoms with E-state index in [9.17, 15) is 18.3 Å². The van der Waals surface area contributed by atoms with Gasteiger partial charge in [-0.1, -0.05) is 45.0 Å². The molecule has 0 saturated carbocycles. The molecule has 3 N–H and O–H groups in total. The molecule has 0 aliphatic carbocycles. The Bertz CT molecular complexity index is 2380. The number of aromatic carboxylic acids is 1. The van der Waals surface area contributed by atoms with E-state index in [2.05, 4.69) is 25.0 Å². The van der Waals surface area contributed by atoms with Gasteiger partial charge in [0.15, 0.2) is 5.65 Å². The number of carboxylic acids is 1. The Kier molecular flexibility index (Phi) is 9.96. The molecule has 4 heterocycles. The topological polar surface area (TPSA) is 170 Å². The number of aromatic nitrogens is 5. The summed E-state index contributed by atoms with van der Waals surface area (Å²) in [4.78, 5) is 29.9. The second-order valence-electron chi connectivity index (χ2n) is 15.0. The van der Waals surface area contributed by atoms with E-state index in [1.54, 1.807) is 18.3 Å². The minimum atomic E-state index is -4.32. The molecule has 13 nitrogen and oxygen atoms in total. The molecule has 0 spiro atoms. The van der Waals surface area contributed by atoms with Crippen molar-refractivity contribution in [3.05, 3.63) is 88.9 Å². The van der Waals surface area contributed by atoms with Gasteiger partial charge in [0, 0.05) is 33.8 Å². The van der Waals surface area contributed by atoms with Gasteiger partial charge in [-0.3, -0.25) is 4.98 Å². The first-order chi connectivity index (χ1) is 26.7. The third-order valence-corrected chi connectivity index (χ3v) is 10.7. The number of nitrogens with zero attached hydrogens (tertiary/aromatic N) is 5. The predicted octanol–water partition coefficient (Wildman–Crippen LogP) is 6.89. The van der Waals surface area contributed by atoms with Crippen LogP contribution >= 0.6 is 0 Å². The third kappa shape index (κ3) is 8.56. The number of fused-ring (bicyclic) bond motifs is 1. The minimum absolute atomic E-state index is 0.0550. The maximum absolute atomic E-state index is 13.5. The van der Waals surface area contributed by atoms with Gasteiger partial charge in [-0.15, -0.1) is 0 Å². The van der Waals surface area contributed by atoms with Gasteiger partial charge in [0.2, 0.25) is 11.8 Å². The highest BCUT2D eigenvalue weighted by atomic mass is 32.2. The third-order valence-electron chi connectivity index (χ3n) is 9.41. The first-order valence-corrected chi connectivity index (χ1v) is 19.4. The lowest BCUT2D eigenvalue weighted by Gasteiger charge is -2.29. The Morgan fingerprint density at radius 2 is 1.81 bits per heavy atom. The fourth-order valence-corrected chi connectivity index (χ4v) is 7.80. The van der Waals surface area contributed by atoms with Crippen LogP contribution < -0.4 is 14.8 Å². The van der Waals surface area contributed by atoms with Crippen molar-refractivity contribution >= 4 is 33.1 Å². The fourth-order valence-electron chi connectivity index (χ4n) is 6.81. The molecule has 1 aliphatic heterocycles. The maximum Gasteiger partial charge on any atom is 0.335 e. The largest absolute Gasteiger partial charge is 0.478 e.